The standard InChI is InChI=1S/C17H19FN2O2.ClH/c18-14-7-5-13(6-8-14)17(21)19-12-15(16-4-3-11-22-16)20-9-1-2-10-20;/h3-8,11,15H,1-2,9-10,12H2,(H,19,21);1H. The van der Waals surface area contributed by atoms with Crippen LogP contribution >= 0.6 is 0 Å². The van der Waals surface area contributed by atoms with E-state index < -0.39 is 0 Å². The first-order valence-electron chi connectivity index (χ1n) is 7.66. The average molecular weight is 339 g/mol. The monoisotopic (exact) mass is 338 g/mol. The summed E-state index contributed by atoms with van der Waals surface area (Å²) in [6, 6.07) is 9.54. The van der Waals surface area contributed by atoms with Gasteiger partial charge in [0.2, 0.25) is 0 Å². The zero-order valence-electron chi connectivity index (χ0n) is 12.7. The first-order valence-corrected chi connectivity index (χ1v) is 7.66. The maximum atomic E-state index is 12.9. The smallest absolute Gasteiger partial charge is 0.251 e. The Kier molecular flexibility index (Phi) is 6.19. The van der Waals surface area contributed by atoms with E-state index in [0.717, 1.165) is 18.8 Å². The van der Waals surface area contributed by atoms with Crippen LogP contribution in [0.15, 0.2) is 47.1 Å². The Morgan fingerprint density at radius 3 is 2.52 bits per heavy atom. The van der Waals surface area contributed by atoms with E-state index in [4.69, 9.17) is 4.42 Å². The lowest BCUT2D eigenvalue weighted by Gasteiger charge is -2.23. The van der Waals surface area contributed by atoms with Crippen molar-refractivity contribution < 1.29 is 30.9 Å². The molecule has 124 valence electrons. The molecule has 1 aromatic heterocycles. The summed E-state index contributed by atoms with van der Waals surface area (Å²) in [5.74, 6) is 0.373. The minimum atomic E-state index is -0.341. The number of quaternary nitrogens is 1. The molecule has 23 heavy (non-hydrogen) atoms. The summed E-state index contributed by atoms with van der Waals surface area (Å²) >= 11 is 0. The lowest BCUT2D eigenvalue weighted by atomic mass is 10.1. The van der Waals surface area contributed by atoms with E-state index in [1.165, 1.54) is 42.0 Å². The minimum absolute atomic E-state index is 0. The van der Waals surface area contributed by atoms with Crippen molar-refractivity contribution in [3.63, 3.8) is 0 Å². The molecule has 0 aliphatic carbocycles. The third-order valence-corrected chi connectivity index (χ3v) is 4.20. The first kappa shape index (κ1) is 17.5. The van der Waals surface area contributed by atoms with Crippen LogP contribution in [0.2, 0.25) is 0 Å². The Morgan fingerprint density at radius 2 is 1.91 bits per heavy atom. The van der Waals surface area contributed by atoms with Gasteiger partial charge in [0.15, 0.2) is 11.8 Å². The Hall–Kier alpha value is -1.85. The number of benzene rings is 1. The fraction of sp³-hybridized carbons (Fsp3) is 0.353. The molecule has 1 fully saturated rings. The maximum absolute atomic E-state index is 12.9. The van der Waals surface area contributed by atoms with Crippen molar-refractivity contribution in [1.82, 2.24) is 5.32 Å². The fourth-order valence-electron chi connectivity index (χ4n) is 3.01. The Balaban J connectivity index is 0.00000192. The highest BCUT2D eigenvalue weighted by atomic mass is 35.5. The lowest BCUT2D eigenvalue weighted by molar-refractivity contribution is -0.919. The van der Waals surface area contributed by atoms with Crippen molar-refractivity contribution in [2.45, 2.75) is 18.9 Å². The van der Waals surface area contributed by atoms with Crippen molar-refractivity contribution in [2.75, 3.05) is 19.6 Å². The van der Waals surface area contributed by atoms with Gasteiger partial charge in [-0.2, -0.15) is 0 Å². The highest BCUT2D eigenvalue weighted by molar-refractivity contribution is 5.94. The van der Waals surface area contributed by atoms with Gasteiger partial charge in [-0.25, -0.2) is 4.39 Å². The van der Waals surface area contributed by atoms with Gasteiger partial charge in [-0.3, -0.25) is 4.79 Å². The quantitative estimate of drug-likeness (QED) is 0.702. The molecule has 0 bridgehead atoms. The van der Waals surface area contributed by atoms with Crippen molar-refractivity contribution in [3.8, 4) is 0 Å². The number of nitrogens with one attached hydrogen (secondary N) is 2. The molecule has 6 heteroatoms. The Morgan fingerprint density at radius 1 is 1.22 bits per heavy atom. The molecule has 2 N–H and O–H groups in total. The molecule has 4 nitrogen and oxygen atoms in total. The van der Waals surface area contributed by atoms with Gasteiger partial charge in [0.1, 0.15) is 5.82 Å². The number of furan rings is 1. The van der Waals surface area contributed by atoms with Crippen LogP contribution in [0.5, 0.6) is 0 Å². The second-order valence-electron chi connectivity index (χ2n) is 5.65. The molecular weight excluding hydrogens is 319 g/mol. The predicted octanol–water partition coefficient (Wildman–Crippen LogP) is -1.43. The van der Waals surface area contributed by atoms with Crippen molar-refractivity contribution in [3.05, 3.63) is 59.8 Å². The molecule has 2 aromatic rings. The number of amides is 1. The topological polar surface area (TPSA) is 46.7 Å². The van der Waals surface area contributed by atoms with Crippen LogP contribution in [-0.4, -0.2) is 25.5 Å². The highest BCUT2D eigenvalue weighted by Crippen LogP contribution is 2.12. The molecule has 2 heterocycles. The van der Waals surface area contributed by atoms with Gasteiger partial charge in [-0.05, 0) is 36.4 Å². The molecule has 0 radical (unpaired) electrons. The van der Waals surface area contributed by atoms with Gasteiger partial charge in [0.05, 0.1) is 25.9 Å². The van der Waals surface area contributed by atoms with Crippen LogP contribution in [0.25, 0.3) is 0 Å². The van der Waals surface area contributed by atoms with Crippen LogP contribution in [0.1, 0.15) is 35.0 Å². The number of carbonyl (C=O) groups excluding carboxylic acids is 1. The molecule has 1 aliphatic heterocycles. The van der Waals surface area contributed by atoms with Gasteiger partial charge in [0.25, 0.3) is 5.91 Å². The fourth-order valence-corrected chi connectivity index (χ4v) is 3.01. The molecule has 1 aromatic carbocycles. The average Bonchev–Trinajstić information content (AvgIpc) is 3.22. The normalized spacial score (nSPS) is 15.9. The first-order chi connectivity index (χ1) is 10.7. The molecule has 1 saturated heterocycles. The summed E-state index contributed by atoms with van der Waals surface area (Å²) in [5, 5.41) is 2.94. The SMILES string of the molecule is O=C(NCC(c1ccco1)[NH+]1CCCC1)c1ccc(F)cc1.[Cl-]. The number of likely N-dealkylation sites (tertiary alicyclic amines) is 1. The number of carbonyl (C=O) groups is 1. The third kappa shape index (κ3) is 4.33. The van der Waals surface area contributed by atoms with E-state index in [1.54, 1.807) is 6.26 Å². The van der Waals surface area contributed by atoms with E-state index in [9.17, 15) is 9.18 Å². The van der Waals surface area contributed by atoms with E-state index in [1.807, 2.05) is 12.1 Å². The number of rotatable bonds is 5. The van der Waals surface area contributed by atoms with E-state index in [2.05, 4.69) is 5.32 Å². The minimum Gasteiger partial charge on any atom is -1.00 e. The van der Waals surface area contributed by atoms with E-state index in [0.29, 0.717) is 12.1 Å². The van der Waals surface area contributed by atoms with Crippen LogP contribution in [0.4, 0.5) is 4.39 Å². The highest BCUT2D eigenvalue weighted by Gasteiger charge is 2.29. The number of hydrogen-bond donors (Lipinski definition) is 2. The van der Waals surface area contributed by atoms with E-state index >= 15 is 0 Å². The zero-order chi connectivity index (χ0) is 15.4. The molecular formula is C17H20ClFN2O2. The lowest BCUT2D eigenvalue weighted by Crippen LogP contribution is -3.11. The molecule has 1 atom stereocenters. The molecule has 0 saturated carbocycles. The summed E-state index contributed by atoms with van der Waals surface area (Å²) < 4.78 is 18.4. The van der Waals surface area contributed by atoms with Crippen molar-refractivity contribution >= 4 is 5.91 Å². The molecule has 1 unspecified atom stereocenters. The van der Waals surface area contributed by atoms with Gasteiger partial charge in [-0.15, -0.1) is 0 Å². The molecule has 1 amide bonds. The largest absolute Gasteiger partial charge is 1.00 e. The van der Waals surface area contributed by atoms with Gasteiger partial charge in [0, 0.05) is 18.4 Å². The van der Waals surface area contributed by atoms with Gasteiger partial charge >= 0.3 is 0 Å². The van der Waals surface area contributed by atoms with Crippen LogP contribution in [-0.2, 0) is 0 Å². The summed E-state index contributed by atoms with van der Waals surface area (Å²) in [7, 11) is 0. The number of halogens is 2. The van der Waals surface area contributed by atoms with Crippen LogP contribution in [0, 0.1) is 5.82 Å². The third-order valence-electron chi connectivity index (χ3n) is 4.20. The molecule has 1 aliphatic rings. The predicted molar refractivity (Wildman–Crippen MR) is 80.1 cm³/mol. The second-order valence-corrected chi connectivity index (χ2v) is 5.65. The Bertz CT molecular complexity index is 610. The Labute approximate surface area is 141 Å². The molecule has 3 rings (SSSR count). The summed E-state index contributed by atoms with van der Waals surface area (Å²) in [6.45, 7) is 2.70. The molecule has 0 spiro atoms. The van der Waals surface area contributed by atoms with Crippen molar-refractivity contribution in [1.29, 1.82) is 0 Å². The van der Waals surface area contributed by atoms with Crippen LogP contribution in [0.3, 0.4) is 0 Å². The van der Waals surface area contributed by atoms with Gasteiger partial charge in [-0.1, -0.05) is 0 Å². The van der Waals surface area contributed by atoms with Gasteiger partial charge < -0.3 is 27.0 Å². The summed E-state index contributed by atoms with van der Waals surface area (Å²) in [4.78, 5) is 13.6. The summed E-state index contributed by atoms with van der Waals surface area (Å²) in [5.41, 5.74) is 0.469. The zero-order valence-corrected chi connectivity index (χ0v) is 13.5. The second kappa shape index (κ2) is 8.13. The maximum Gasteiger partial charge on any atom is 0.251 e. The van der Waals surface area contributed by atoms with E-state index in [-0.39, 0.29) is 30.2 Å². The van der Waals surface area contributed by atoms with Crippen LogP contribution < -0.4 is 22.6 Å². The van der Waals surface area contributed by atoms with Crippen molar-refractivity contribution in [2.24, 2.45) is 0 Å². The number of hydrogen-bond acceptors (Lipinski definition) is 2. The summed E-state index contributed by atoms with van der Waals surface area (Å²) in [6.07, 6.45) is 4.08.